The number of fused-ring (bicyclic) bond motifs is 2. The first kappa shape index (κ1) is 36.2. The lowest BCUT2D eigenvalue weighted by molar-refractivity contribution is -0.385. The number of rotatable bonds is 8. The lowest BCUT2D eigenvalue weighted by Gasteiger charge is -2.10. The van der Waals surface area contributed by atoms with Gasteiger partial charge >= 0.3 is 11.9 Å². The van der Waals surface area contributed by atoms with Crippen LogP contribution in [-0.4, -0.2) is 33.4 Å². The molecule has 0 unspecified atom stereocenters. The second-order valence-electron chi connectivity index (χ2n) is 12.3. The van der Waals surface area contributed by atoms with Gasteiger partial charge in [0, 0.05) is 57.7 Å². The van der Waals surface area contributed by atoms with Gasteiger partial charge in [-0.15, -0.1) is 0 Å². The van der Waals surface area contributed by atoms with Gasteiger partial charge in [0.2, 0.25) is 0 Å². The average molecular weight is 743 g/mol. The number of hydrogen-bond donors (Lipinski definition) is 0. The van der Waals surface area contributed by atoms with E-state index in [9.17, 15) is 39.4 Å². The van der Waals surface area contributed by atoms with Gasteiger partial charge in [-0.05, 0) is 47.5 Å². The van der Waals surface area contributed by atoms with Gasteiger partial charge in [-0.25, -0.2) is 9.59 Å². The van der Waals surface area contributed by atoms with E-state index in [1.54, 1.807) is 109 Å². The first-order valence-electron chi connectivity index (χ1n) is 16.9. The third-order valence-electron chi connectivity index (χ3n) is 8.89. The molecule has 0 N–H and O–H groups in total. The first-order valence-corrected chi connectivity index (χ1v) is 16.9. The molecule has 0 atom stereocenters. The molecule has 0 aliphatic carbocycles. The van der Waals surface area contributed by atoms with Crippen LogP contribution in [-0.2, 0) is 9.59 Å². The van der Waals surface area contributed by atoms with Crippen molar-refractivity contribution >= 4 is 57.2 Å². The molecule has 0 fully saturated rings. The molecule has 12 nitrogen and oxygen atoms in total. The Morgan fingerprint density at radius 3 is 1.07 bits per heavy atom. The van der Waals surface area contributed by atoms with Crippen LogP contribution in [0.3, 0.4) is 0 Å². The summed E-state index contributed by atoms with van der Waals surface area (Å²) in [6.45, 7) is 0. The molecule has 0 bridgehead atoms. The summed E-state index contributed by atoms with van der Waals surface area (Å²) in [5, 5.41) is 21.9. The summed E-state index contributed by atoms with van der Waals surface area (Å²) in [5.74, 6) is -1.22. The highest BCUT2D eigenvalue weighted by molar-refractivity contribution is 6.45. The van der Waals surface area contributed by atoms with Crippen LogP contribution in [0.4, 0.5) is 11.4 Å². The molecular weight excluding hydrogens is 716 g/mol. The number of esters is 2. The summed E-state index contributed by atoms with van der Waals surface area (Å²) in [6, 6.07) is 41.9. The molecule has 56 heavy (non-hydrogen) atoms. The Morgan fingerprint density at radius 1 is 0.411 bits per heavy atom. The lowest BCUT2D eigenvalue weighted by atomic mass is 9.89. The van der Waals surface area contributed by atoms with Gasteiger partial charge < -0.3 is 9.47 Å². The number of hydrogen-bond acceptors (Lipinski definition) is 10. The topological polar surface area (TPSA) is 173 Å². The zero-order valence-electron chi connectivity index (χ0n) is 29.0. The number of nitro benzene ring substituents is 2. The van der Waals surface area contributed by atoms with E-state index in [0.29, 0.717) is 44.9 Å². The molecule has 0 saturated heterocycles. The van der Waals surface area contributed by atoms with Crippen molar-refractivity contribution in [1.82, 2.24) is 0 Å². The van der Waals surface area contributed by atoms with Crippen molar-refractivity contribution in [1.29, 1.82) is 0 Å². The molecule has 272 valence electrons. The Labute approximate surface area is 317 Å². The van der Waals surface area contributed by atoms with Crippen LogP contribution in [0.15, 0.2) is 158 Å². The normalized spacial score (nSPS) is 14.2. The number of benzene rings is 6. The van der Waals surface area contributed by atoms with Crippen LogP contribution in [0.5, 0.6) is 11.5 Å². The highest BCUT2D eigenvalue weighted by Gasteiger charge is 2.35. The van der Waals surface area contributed by atoms with Gasteiger partial charge in [0.05, 0.1) is 21.0 Å². The number of allylic oxidation sites excluding steroid dienone is 2. The van der Waals surface area contributed by atoms with E-state index in [4.69, 9.17) is 9.47 Å². The molecule has 6 aromatic rings. The molecule has 2 aliphatic heterocycles. The average Bonchev–Trinajstić information content (AvgIpc) is 3.74. The van der Waals surface area contributed by atoms with Crippen molar-refractivity contribution in [3.8, 4) is 11.5 Å². The Bertz CT molecular complexity index is 2450. The molecule has 6 aromatic carbocycles. The minimum atomic E-state index is -0.626. The van der Waals surface area contributed by atoms with Crippen LogP contribution in [0.2, 0.25) is 0 Å². The second-order valence-corrected chi connectivity index (χ2v) is 12.3. The maximum Gasteiger partial charge on any atom is 0.345 e. The Kier molecular flexibility index (Phi) is 10.0. The molecule has 0 spiro atoms. The van der Waals surface area contributed by atoms with E-state index in [1.807, 2.05) is 0 Å². The van der Waals surface area contributed by atoms with E-state index in [-0.39, 0.29) is 45.2 Å². The van der Waals surface area contributed by atoms with Gasteiger partial charge in [0.1, 0.15) is 11.5 Å². The minimum absolute atomic E-state index is 0.102. The number of ether oxygens (including phenoxy) is 2. The predicted octanol–water partition coefficient (Wildman–Crippen LogP) is 8.62. The molecule has 0 radical (unpaired) electrons. The van der Waals surface area contributed by atoms with E-state index in [0.717, 1.165) is 0 Å². The first-order chi connectivity index (χ1) is 27.1. The number of Topliss-reactive ketones (excluding diaryl/α,β-unsaturated/α-hetero) is 2. The van der Waals surface area contributed by atoms with E-state index in [1.165, 1.54) is 48.5 Å². The van der Waals surface area contributed by atoms with Crippen molar-refractivity contribution in [2.45, 2.75) is 0 Å². The Hall–Kier alpha value is -8.12. The van der Waals surface area contributed by atoms with Crippen LogP contribution in [0.1, 0.15) is 43.0 Å². The number of carbonyl (C=O) groups is 4. The highest BCUT2D eigenvalue weighted by Crippen LogP contribution is 2.41. The number of para-hydroxylation sites is 2. The zero-order valence-corrected chi connectivity index (χ0v) is 29.0. The van der Waals surface area contributed by atoms with Crippen molar-refractivity contribution in [3.05, 3.63) is 211 Å². The lowest BCUT2D eigenvalue weighted by Crippen LogP contribution is -2.10. The standard InChI is InChI=1S/2C22H13NO5/c2*24-21(15-6-2-1-3-7-15)19(14-10-12-16(13-11-14)23(26)27)20-17-8-4-5-9-18(17)28-22(20)25/h2*1-13H/b2*20-19-. The summed E-state index contributed by atoms with van der Waals surface area (Å²) in [7, 11) is 0. The van der Waals surface area contributed by atoms with Gasteiger partial charge in [0.15, 0.2) is 11.6 Å². The number of ketones is 2. The fourth-order valence-electron chi connectivity index (χ4n) is 6.26. The Balaban J connectivity index is 0.000000172. The van der Waals surface area contributed by atoms with E-state index in [2.05, 4.69) is 0 Å². The van der Waals surface area contributed by atoms with Gasteiger partial charge in [0.25, 0.3) is 11.4 Å². The van der Waals surface area contributed by atoms with Gasteiger partial charge in [-0.1, -0.05) is 97.1 Å². The molecule has 12 heteroatoms. The van der Waals surface area contributed by atoms with Crippen LogP contribution < -0.4 is 9.47 Å². The maximum atomic E-state index is 13.3. The third-order valence-corrected chi connectivity index (χ3v) is 8.89. The number of carbonyl (C=O) groups excluding carboxylic acids is 4. The molecular formula is C44H26N2O10. The molecule has 2 aliphatic rings. The van der Waals surface area contributed by atoms with Gasteiger partial charge in [-0.3, -0.25) is 29.8 Å². The largest absolute Gasteiger partial charge is 0.422 e. The third kappa shape index (κ3) is 7.13. The second kappa shape index (κ2) is 15.5. The fraction of sp³-hybridized carbons (Fsp3) is 0. The van der Waals surface area contributed by atoms with Crippen molar-refractivity contribution in [2.24, 2.45) is 0 Å². The summed E-state index contributed by atoms with van der Waals surface area (Å²) < 4.78 is 10.6. The smallest absolute Gasteiger partial charge is 0.345 e. The SMILES string of the molecule is O=C1Oc2ccccc2/C1=C(/C(=O)c1ccccc1)c1ccc([N+](=O)[O-])cc1.O=C1Oc2ccccc2/C1=C(/C(=O)c1ccccc1)c1ccc([N+](=O)[O-])cc1. The van der Waals surface area contributed by atoms with Crippen LogP contribution >= 0.6 is 0 Å². The van der Waals surface area contributed by atoms with Crippen LogP contribution in [0.25, 0.3) is 22.3 Å². The van der Waals surface area contributed by atoms with Gasteiger partial charge in [-0.2, -0.15) is 0 Å². The highest BCUT2D eigenvalue weighted by atomic mass is 16.6. The molecule has 2 heterocycles. The van der Waals surface area contributed by atoms with Crippen molar-refractivity contribution in [3.63, 3.8) is 0 Å². The molecule has 0 saturated carbocycles. The van der Waals surface area contributed by atoms with Crippen LogP contribution in [0, 0.1) is 20.2 Å². The van der Waals surface area contributed by atoms with Crippen molar-refractivity contribution in [2.75, 3.05) is 0 Å². The summed E-state index contributed by atoms with van der Waals surface area (Å²) in [6.07, 6.45) is 0. The quantitative estimate of drug-likeness (QED) is 0.0367. The summed E-state index contributed by atoms with van der Waals surface area (Å²) in [5.41, 5.74) is 3.05. The Morgan fingerprint density at radius 2 is 0.732 bits per heavy atom. The predicted molar refractivity (Wildman–Crippen MR) is 206 cm³/mol. The van der Waals surface area contributed by atoms with E-state index >= 15 is 0 Å². The zero-order chi connectivity index (χ0) is 39.3. The monoisotopic (exact) mass is 742 g/mol. The maximum absolute atomic E-state index is 13.3. The summed E-state index contributed by atoms with van der Waals surface area (Å²) in [4.78, 5) is 72.7. The molecule has 0 aromatic heterocycles. The minimum Gasteiger partial charge on any atom is -0.422 e. The number of non-ortho nitro benzene ring substituents is 2. The molecule has 0 amide bonds. The van der Waals surface area contributed by atoms with E-state index < -0.39 is 21.8 Å². The number of nitro groups is 2. The molecule has 8 rings (SSSR count). The fourth-order valence-corrected chi connectivity index (χ4v) is 6.26. The number of nitrogens with zero attached hydrogens (tertiary/aromatic N) is 2. The van der Waals surface area contributed by atoms with Crippen molar-refractivity contribution < 1.29 is 38.5 Å². The summed E-state index contributed by atoms with van der Waals surface area (Å²) >= 11 is 0.